The van der Waals surface area contributed by atoms with Crippen molar-refractivity contribution in [3.63, 3.8) is 0 Å². The van der Waals surface area contributed by atoms with Gasteiger partial charge in [0.05, 0.1) is 6.04 Å². The topological polar surface area (TPSA) is 20.3 Å². The Kier molecular flexibility index (Phi) is 2.98. The maximum absolute atomic E-state index is 11.9. The second-order valence-corrected chi connectivity index (χ2v) is 8.61. The van der Waals surface area contributed by atoms with Crippen molar-refractivity contribution < 1.29 is 4.79 Å². The van der Waals surface area contributed by atoms with Gasteiger partial charge in [-0.25, -0.2) is 0 Å². The van der Waals surface area contributed by atoms with E-state index in [2.05, 4.69) is 46.4 Å². The highest BCUT2D eigenvalue weighted by atomic mass is 16.1. The minimum atomic E-state index is 0.102. The van der Waals surface area contributed by atoms with E-state index in [1.54, 1.807) is 6.92 Å². The molecule has 1 unspecified atom stereocenters. The van der Waals surface area contributed by atoms with Gasteiger partial charge in [-0.15, -0.1) is 0 Å². The smallest absolute Gasteiger partial charge is 0.146 e. The van der Waals surface area contributed by atoms with Gasteiger partial charge in [-0.2, -0.15) is 0 Å². The number of nitrogens with zero attached hydrogens (tertiary/aromatic N) is 1. The lowest BCUT2D eigenvalue weighted by Gasteiger charge is -2.36. The van der Waals surface area contributed by atoms with E-state index in [9.17, 15) is 4.79 Å². The lowest BCUT2D eigenvalue weighted by atomic mass is 9.83. The average Bonchev–Trinajstić information content (AvgIpc) is 2.66. The lowest BCUT2D eigenvalue weighted by molar-refractivity contribution is -0.122. The molecule has 2 aliphatic rings. The Morgan fingerprint density at radius 1 is 1.11 bits per heavy atom. The largest absolute Gasteiger partial charge is 0.298 e. The lowest BCUT2D eigenvalue weighted by Crippen LogP contribution is -2.47. The highest BCUT2D eigenvalue weighted by Gasteiger charge is 2.64. The van der Waals surface area contributed by atoms with Crippen LogP contribution in [0.3, 0.4) is 0 Å². The highest BCUT2D eigenvalue weighted by molar-refractivity contribution is 5.82. The first kappa shape index (κ1) is 14.0. The molecule has 3 atom stereocenters. The van der Waals surface area contributed by atoms with Gasteiger partial charge < -0.3 is 0 Å². The summed E-state index contributed by atoms with van der Waals surface area (Å²) in [6.45, 7) is 16.6. The Morgan fingerprint density at radius 3 is 1.94 bits per heavy atom. The second-order valence-electron chi connectivity index (χ2n) is 8.61. The van der Waals surface area contributed by atoms with E-state index in [-0.39, 0.29) is 11.6 Å². The van der Waals surface area contributed by atoms with Crippen LogP contribution >= 0.6 is 0 Å². The van der Waals surface area contributed by atoms with Crippen molar-refractivity contribution in [1.82, 2.24) is 4.90 Å². The third-order valence-corrected chi connectivity index (χ3v) is 5.03. The van der Waals surface area contributed by atoms with Crippen LogP contribution in [0.2, 0.25) is 0 Å². The van der Waals surface area contributed by atoms with Crippen LogP contribution in [0.5, 0.6) is 0 Å². The van der Waals surface area contributed by atoms with Gasteiger partial charge in [-0.1, -0.05) is 20.8 Å². The molecule has 1 aliphatic carbocycles. The van der Waals surface area contributed by atoms with Gasteiger partial charge in [0.2, 0.25) is 0 Å². The molecule has 2 rings (SSSR count). The fourth-order valence-electron chi connectivity index (χ4n) is 4.05. The van der Waals surface area contributed by atoms with Gasteiger partial charge in [-0.3, -0.25) is 9.69 Å². The van der Waals surface area contributed by atoms with E-state index in [4.69, 9.17) is 0 Å². The molecule has 0 aromatic carbocycles. The van der Waals surface area contributed by atoms with Crippen molar-refractivity contribution in [1.29, 1.82) is 0 Å². The maximum Gasteiger partial charge on any atom is 0.146 e. The average molecular weight is 251 g/mol. The van der Waals surface area contributed by atoms with Crippen molar-refractivity contribution in [2.24, 2.45) is 16.7 Å². The van der Waals surface area contributed by atoms with E-state index in [1.807, 2.05) is 0 Å². The number of ketones is 1. The van der Waals surface area contributed by atoms with E-state index < -0.39 is 0 Å². The molecule has 2 heteroatoms. The first-order chi connectivity index (χ1) is 7.97. The Morgan fingerprint density at radius 2 is 1.67 bits per heavy atom. The fraction of sp³-hybridized carbons (Fsp3) is 0.938. The molecule has 2 fully saturated rings. The molecular weight excluding hydrogens is 222 g/mol. The van der Waals surface area contributed by atoms with E-state index in [0.29, 0.717) is 16.6 Å². The predicted molar refractivity (Wildman–Crippen MR) is 75.5 cm³/mol. The molecule has 0 bridgehead atoms. The van der Waals surface area contributed by atoms with Crippen LogP contribution in [0.1, 0.15) is 61.3 Å². The molecule has 1 aliphatic heterocycles. The SMILES string of the molecule is CC(=O)[C@@H]1C[C@@]2(CC2C(C)(C)C)CN1C(C)(C)C. The van der Waals surface area contributed by atoms with Crippen molar-refractivity contribution >= 4 is 5.78 Å². The zero-order valence-electron chi connectivity index (χ0n) is 13.1. The van der Waals surface area contributed by atoms with Crippen LogP contribution in [0.25, 0.3) is 0 Å². The summed E-state index contributed by atoms with van der Waals surface area (Å²) in [6.07, 6.45) is 2.40. The summed E-state index contributed by atoms with van der Waals surface area (Å²) in [5.74, 6) is 1.14. The van der Waals surface area contributed by atoms with E-state index >= 15 is 0 Å². The molecule has 0 aromatic heterocycles. The van der Waals surface area contributed by atoms with Gasteiger partial charge in [0.1, 0.15) is 5.78 Å². The molecule has 2 nitrogen and oxygen atoms in total. The molecule has 0 aromatic rings. The number of carbonyl (C=O) groups excluding carboxylic acids is 1. The normalized spacial score (nSPS) is 37.3. The number of likely N-dealkylation sites (tertiary alicyclic amines) is 1. The minimum Gasteiger partial charge on any atom is -0.298 e. The molecule has 1 spiro atoms. The molecule has 104 valence electrons. The summed E-state index contributed by atoms with van der Waals surface area (Å²) in [7, 11) is 0. The van der Waals surface area contributed by atoms with Gasteiger partial charge >= 0.3 is 0 Å². The maximum atomic E-state index is 11.9. The molecule has 18 heavy (non-hydrogen) atoms. The molecule has 0 N–H and O–H groups in total. The minimum absolute atomic E-state index is 0.102. The summed E-state index contributed by atoms with van der Waals surface area (Å²) < 4.78 is 0. The van der Waals surface area contributed by atoms with Crippen LogP contribution in [-0.2, 0) is 4.79 Å². The molecule has 1 saturated heterocycles. The summed E-state index contributed by atoms with van der Waals surface area (Å²) >= 11 is 0. The second kappa shape index (κ2) is 3.82. The molecule has 1 heterocycles. The van der Waals surface area contributed by atoms with E-state index in [0.717, 1.165) is 18.9 Å². The molecular formula is C16H29NO. The van der Waals surface area contributed by atoms with E-state index in [1.165, 1.54) is 6.42 Å². The summed E-state index contributed by atoms with van der Waals surface area (Å²) in [4.78, 5) is 14.4. The van der Waals surface area contributed by atoms with Gasteiger partial charge in [0, 0.05) is 12.1 Å². The number of carbonyl (C=O) groups is 1. The molecule has 0 amide bonds. The third kappa shape index (κ3) is 2.24. The van der Waals surface area contributed by atoms with Crippen LogP contribution < -0.4 is 0 Å². The summed E-state index contributed by atoms with van der Waals surface area (Å²) in [6, 6.07) is 0.150. The first-order valence-corrected chi connectivity index (χ1v) is 7.25. The van der Waals surface area contributed by atoms with Gasteiger partial charge in [0.15, 0.2) is 0 Å². The third-order valence-electron chi connectivity index (χ3n) is 5.03. The predicted octanol–water partition coefficient (Wildman–Crippen LogP) is 3.50. The van der Waals surface area contributed by atoms with Crippen molar-refractivity contribution in [2.45, 2.75) is 72.9 Å². The van der Waals surface area contributed by atoms with Gasteiger partial charge in [-0.05, 0) is 57.3 Å². The molecule has 0 radical (unpaired) electrons. The first-order valence-electron chi connectivity index (χ1n) is 7.25. The quantitative estimate of drug-likeness (QED) is 0.711. The highest BCUT2D eigenvalue weighted by Crippen LogP contribution is 2.66. The van der Waals surface area contributed by atoms with Crippen molar-refractivity contribution in [2.75, 3.05) is 6.54 Å². The van der Waals surface area contributed by atoms with Crippen LogP contribution in [0.4, 0.5) is 0 Å². The molecule has 1 saturated carbocycles. The zero-order chi connectivity index (χ0) is 13.9. The van der Waals surface area contributed by atoms with Crippen LogP contribution in [-0.4, -0.2) is 28.8 Å². The number of hydrogen-bond donors (Lipinski definition) is 0. The fourth-order valence-corrected chi connectivity index (χ4v) is 4.05. The standard InChI is InChI=1S/C16H29NO/c1-11(18)12-8-16(9-13(16)14(2,3)4)10-17(12)15(5,6)7/h12-13H,8-10H2,1-7H3/t12-,13?,16+/m0/s1. The Labute approximate surface area is 112 Å². The number of hydrogen-bond acceptors (Lipinski definition) is 2. The monoisotopic (exact) mass is 251 g/mol. The van der Waals surface area contributed by atoms with Crippen molar-refractivity contribution in [3.8, 4) is 0 Å². The van der Waals surface area contributed by atoms with Crippen LogP contribution in [0, 0.1) is 16.7 Å². The zero-order valence-corrected chi connectivity index (χ0v) is 13.1. The summed E-state index contributed by atoms with van der Waals surface area (Å²) in [5.41, 5.74) is 0.919. The number of rotatable bonds is 1. The Balaban J connectivity index is 2.20. The Bertz CT molecular complexity index is 360. The van der Waals surface area contributed by atoms with Gasteiger partial charge in [0.25, 0.3) is 0 Å². The number of Topliss-reactive ketones (excluding diaryl/α,β-unsaturated/α-hetero) is 1. The summed E-state index contributed by atoms with van der Waals surface area (Å²) in [5, 5.41) is 0. The van der Waals surface area contributed by atoms with Crippen LogP contribution in [0.15, 0.2) is 0 Å². The van der Waals surface area contributed by atoms with Crippen molar-refractivity contribution in [3.05, 3.63) is 0 Å². The Hall–Kier alpha value is -0.370.